The Morgan fingerprint density at radius 3 is 2.33 bits per heavy atom. The molecule has 1 fully saturated rings. The summed E-state index contributed by atoms with van der Waals surface area (Å²) >= 11 is 0. The summed E-state index contributed by atoms with van der Waals surface area (Å²) < 4.78 is 5.07. The summed E-state index contributed by atoms with van der Waals surface area (Å²) in [4.78, 5) is 1.28. The summed E-state index contributed by atoms with van der Waals surface area (Å²) in [6, 6.07) is 0. The molecule has 0 saturated heterocycles. The highest BCUT2D eigenvalue weighted by molar-refractivity contribution is 4.93. The van der Waals surface area contributed by atoms with Crippen molar-refractivity contribution in [3.05, 3.63) is 7.05 Å². The Labute approximate surface area is 56.8 Å². The highest BCUT2D eigenvalue weighted by Crippen LogP contribution is 2.31. The molecule has 1 rings (SSSR count). The topological polar surface area (TPSA) is 13.7 Å². The van der Waals surface area contributed by atoms with E-state index in [9.17, 15) is 0 Å². The molecule has 0 aliphatic heterocycles. The quantitative estimate of drug-likeness (QED) is 0.506. The highest BCUT2D eigenvalue weighted by atomic mass is 16.5. The molecule has 0 aromatic carbocycles. The Morgan fingerprint density at radius 2 is 2.22 bits per heavy atom. The van der Waals surface area contributed by atoms with Gasteiger partial charge in [-0.15, -0.1) is 0 Å². The van der Waals surface area contributed by atoms with Gasteiger partial charge in [0.1, 0.15) is 0 Å². The maximum absolute atomic E-state index is 5.07. The van der Waals surface area contributed by atoms with Gasteiger partial charge in [-0.05, 0) is 0 Å². The summed E-state index contributed by atoms with van der Waals surface area (Å²) in [5.41, 5.74) is 0.384. The molecule has 9 heavy (non-hydrogen) atoms. The molecule has 1 aliphatic carbocycles. The zero-order chi connectivity index (χ0) is 6.91. The van der Waals surface area contributed by atoms with E-state index >= 15 is 0 Å². The number of quaternary nitrogens is 1. The summed E-state index contributed by atoms with van der Waals surface area (Å²) in [6.07, 6.45) is 2.55. The fraction of sp³-hybridized carbons (Fsp3) is 0.857. The van der Waals surface area contributed by atoms with Crippen LogP contribution in [0.1, 0.15) is 12.8 Å². The van der Waals surface area contributed by atoms with Crippen molar-refractivity contribution < 1.29 is 9.64 Å². The van der Waals surface area contributed by atoms with Gasteiger partial charge in [0, 0.05) is 27.0 Å². The SMILES string of the molecule is [CH2-][NH+](C)C1(COC)CC1. The first-order valence-electron chi connectivity index (χ1n) is 3.36. The van der Waals surface area contributed by atoms with Gasteiger partial charge >= 0.3 is 0 Å². The summed E-state index contributed by atoms with van der Waals surface area (Å²) in [7, 11) is 7.77. The van der Waals surface area contributed by atoms with Crippen molar-refractivity contribution in [1.29, 1.82) is 0 Å². The minimum Gasteiger partial charge on any atom is -0.463 e. The summed E-state index contributed by atoms with van der Waals surface area (Å²) in [6.45, 7) is 0.863. The van der Waals surface area contributed by atoms with E-state index in [1.165, 1.54) is 17.7 Å². The van der Waals surface area contributed by atoms with Gasteiger partial charge in [0.2, 0.25) is 0 Å². The first kappa shape index (κ1) is 7.03. The zero-order valence-electron chi connectivity index (χ0n) is 6.24. The molecule has 0 radical (unpaired) electrons. The Kier molecular flexibility index (Phi) is 1.78. The maximum Gasteiger partial charge on any atom is 0.0987 e. The lowest BCUT2D eigenvalue weighted by Gasteiger charge is -2.25. The lowest BCUT2D eigenvalue weighted by Crippen LogP contribution is -3.10. The molecule has 2 heteroatoms. The molecule has 0 amide bonds. The molecular formula is C7H15NO. The van der Waals surface area contributed by atoms with Crippen LogP contribution >= 0.6 is 0 Å². The number of rotatable bonds is 3. The van der Waals surface area contributed by atoms with Gasteiger partial charge < -0.3 is 9.64 Å². The van der Waals surface area contributed by atoms with Crippen molar-refractivity contribution in [2.24, 2.45) is 0 Å². The van der Waals surface area contributed by atoms with E-state index in [1.54, 1.807) is 7.11 Å². The fourth-order valence-corrected chi connectivity index (χ4v) is 1.12. The van der Waals surface area contributed by atoms with Crippen molar-refractivity contribution in [2.75, 3.05) is 20.8 Å². The Bertz CT molecular complexity index is 97.1. The maximum atomic E-state index is 5.07. The number of likely N-dealkylation sites (N-methyl/N-ethyl adjacent to an activating group) is 1. The third-order valence-electron chi connectivity index (χ3n) is 2.18. The van der Waals surface area contributed by atoms with Crippen LogP contribution in [0.25, 0.3) is 0 Å². The highest BCUT2D eigenvalue weighted by Gasteiger charge is 2.46. The molecular weight excluding hydrogens is 114 g/mol. The molecule has 0 aromatic rings. The average molecular weight is 129 g/mol. The smallest absolute Gasteiger partial charge is 0.0987 e. The van der Waals surface area contributed by atoms with E-state index in [0.29, 0.717) is 5.54 Å². The number of hydrogen-bond donors (Lipinski definition) is 1. The molecule has 2 nitrogen and oxygen atoms in total. The Morgan fingerprint density at radius 1 is 1.67 bits per heavy atom. The van der Waals surface area contributed by atoms with Crippen LogP contribution < -0.4 is 4.90 Å². The van der Waals surface area contributed by atoms with Gasteiger partial charge in [-0.3, -0.25) is 0 Å². The van der Waals surface area contributed by atoms with Crippen molar-refractivity contribution in [1.82, 2.24) is 0 Å². The predicted molar refractivity (Wildman–Crippen MR) is 36.1 cm³/mol. The van der Waals surface area contributed by atoms with Crippen LogP contribution in [0, 0.1) is 7.05 Å². The molecule has 54 valence electrons. The number of hydrogen-bond acceptors (Lipinski definition) is 1. The van der Waals surface area contributed by atoms with Crippen molar-refractivity contribution in [3.63, 3.8) is 0 Å². The van der Waals surface area contributed by atoms with Gasteiger partial charge in [0.15, 0.2) is 0 Å². The average Bonchev–Trinajstić information content (AvgIpc) is 2.49. The molecule has 0 spiro atoms. The lowest BCUT2D eigenvalue weighted by molar-refractivity contribution is -0.873. The van der Waals surface area contributed by atoms with Crippen LogP contribution in [-0.4, -0.2) is 26.3 Å². The molecule has 1 unspecified atom stereocenters. The molecule has 0 heterocycles. The fourth-order valence-electron chi connectivity index (χ4n) is 1.12. The Balaban J connectivity index is 2.33. The van der Waals surface area contributed by atoms with E-state index < -0.39 is 0 Å². The number of methoxy groups -OCH3 is 1. The monoisotopic (exact) mass is 129 g/mol. The number of nitrogens with one attached hydrogen (secondary N) is 1. The van der Waals surface area contributed by atoms with Crippen LogP contribution in [0.2, 0.25) is 0 Å². The van der Waals surface area contributed by atoms with E-state index in [0.717, 1.165) is 6.61 Å². The molecule has 1 saturated carbocycles. The second-order valence-corrected chi connectivity index (χ2v) is 2.99. The normalized spacial score (nSPS) is 25.7. The van der Waals surface area contributed by atoms with Gasteiger partial charge in [0.25, 0.3) is 0 Å². The van der Waals surface area contributed by atoms with Crippen LogP contribution in [0.15, 0.2) is 0 Å². The van der Waals surface area contributed by atoms with E-state index in [2.05, 4.69) is 14.1 Å². The van der Waals surface area contributed by atoms with Crippen molar-refractivity contribution >= 4 is 0 Å². The van der Waals surface area contributed by atoms with Gasteiger partial charge in [-0.2, -0.15) is 7.05 Å². The second kappa shape index (κ2) is 2.27. The van der Waals surface area contributed by atoms with Crippen LogP contribution in [-0.2, 0) is 4.74 Å². The van der Waals surface area contributed by atoms with Gasteiger partial charge in [0.05, 0.1) is 12.1 Å². The van der Waals surface area contributed by atoms with Crippen LogP contribution in [0.3, 0.4) is 0 Å². The molecule has 1 N–H and O–H groups in total. The largest absolute Gasteiger partial charge is 0.463 e. The summed E-state index contributed by atoms with van der Waals surface area (Å²) in [5, 5.41) is 0. The minimum absolute atomic E-state index is 0.384. The van der Waals surface area contributed by atoms with E-state index in [1.807, 2.05) is 0 Å². The lowest BCUT2D eigenvalue weighted by atomic mass is 10.3. The molecule has 1 aliphatic rings. The predicted octanol–water partition coefficient (Wildman–Crippen LogP) is -0.528. The third kappa shape index (κ3) is 1.25. The van der Waals surface area contributed by atoms with E-state index in [-0.39, 0.29) is 0 Å². The summed E-state index contributed by atoms with van der Waals surface area (Å²) in [5.74, 6) is 0. The van der Waals surface area contributed by atoms with E-state index in [4.69, 9.17) is 4.74 Å². The first-order chi connectivity index (χ1) is 4.21. The van der Waals surface area contributed by atoms with Crippen molar-refractivity contribution in [2.45, 2.75) is 18.4 Å². The Hall–Kier alpha value is -0.0800. The van der Waals surface area contributed by atoms with Crippen molar-refractivity contribution in [3.8, 4) is 0 Å². The minimum atomic E-state index is 0.384. The standard InChI is InChI=1S/C7H15NO/c1-8(2)7(4-5-7)6-9-3/h8H,1,4-6H2,2-3H3. The van der Waals surface area contributed by atoms with Gasteiger partial charge in [-0.25, -0.2) is 0 Å². The second-order valence-electron chi connectivity index (χ2n) is 2.99. The molecule has 1 atom stereocenters. The molecule has 0 aromatic heterocycles. The van der Waals surface area contributed by atoms with Gasteiger partial charge in [-0.1, -0.05) is 0 Å². The third-order valence-corrected chi connectivity index (χ3v) is 2.18. The zero-order valence-corrected chi connectivity index (χ0v) is 6.24. The molecule has 0 bridgehead atoms. The van der Waals surface area contributed by atoms with Crippen LogP contribution in [0.4, 0.5) is 0 Å². The number of ether oxygens (including phenoxy) is 1. The first-order valence-corrected chi connectivity index (χ1v) is 3.36. The van der Waals surface area contributed by atoms with Crippen LogP contribution in [0.5, 0.6) is 0 Å².